The summed E-state index contributed by atoms with van der Waals surface area (Å²) in [4.78, 5) is 12.5. The minimum atomic E-state index is -0.386. The molecule has 0 atom stereocenters. The van der Waals surface area contributed by atoms with E-state index >= 15 is 0 Å². The summed E-state index contributed by atoms with van der Waals surface area (Å²) in [5.74, 6) is -0.655. The van der Waals surface area contributed by atoms with Crippen LogP contribution in [0.5, 0.6) is 0 Å². The largest absolute Gasteiger partial charge is 0.321 e. The van der Waals surface area contributed by atoms with Crippen LogP contribution in [-0.4, -0.2) is 15.7 Å². The monoisotopic (exact) mass is 421 g/mol. The summed E-state index contributed by atoms with van der Waals surface area (Å²) >= 11 is 2.16. The molecule has 0 fully saturated rings. The van der Waals surface area contributed by atoms with Crippen LogP contribution >= 0.6 is 22.6 Å². The second-order valence-corrected chi connectivity index (χ2v) is 6.10. The lowest BCUT2D eigenvalue weighted by Crippen LogP contribution is -2.14. The van der Waals surface area contributed by atoms with Crippen LogP contribution in [0.4, 0.5) is 10.1 Å². The molecular formula is C17H13FIN3O. The Kier molecular flexibility index (Phi) is 4.42. The molecule has 0 radical (unpaired) electrons. The highest BCUT2D eigenvalue weighted by molar-refractivity contribution is 14.1. The van der Waals surface area contributed by atoms with Crippen molar-refractivity contribution in [3.8, 4) is 5.69 Å². The van der Waals surface area contributed by atoms with Gasteiger partial charge in [-0.25, -0.2) is 9.07 Å². The van der Waals surface area contributed by atoms with E-state index < -0.39 is 0 Å². The fourth-order valence-electron chi connectivity index (χ4n) is 2.25. The number of amides is 1. The molecule has 3 rings (SSSR count). The van der Waals surface area contributed by atoms with Gasteiger partial charge in [0.1, 0.15) is 11.5 Å². The molecule has 1 amide bonds. The quantitative estimate of drug-likeness (QED) is 0.646. The van der Waals surface area contributed by atoms with Crippen LogP contribution in [0.15, 0.2) is 54.7 Å². The molecule has 2 aromatic carbocycles. The second kappa shape index (κ2) is 6.49. The highest BCUT2D eigenvalue weighted by Gasteiger charge is 2.17. The van der Waals surface area contributed by atoms with Gasteiger partial charge in [0.2, 0.25) is 0 Å². The van der Waals surface area contributed by atoms with Crippen LogP contribution in [0.3, 0.4) is 0 Å². The van der Waals surface area contributed by atoms with Crippen molar-refractivity contribution in [2.45, 2.75) is 6.92 Å². The molecular weight excluding hydrogens is 408 g/mol. The first-order chi connectivity index (χ1) is 11.1. The Morgan fingerprint density at radius 3 is 2.61 bits per heavy atom. The van der Waals surface area contributed by atoms with E-state index in [1.165, 1.54) is 16.9 Å². The lowest BCUT2D eigenvalue weighted by molar-refractivity contribution is 0.102. The molecule has 1 aromatic heterocycles. The number of halogens is 2. The summed E-state index contributed by atoms with van der Waals surface area (Å²) in [5.41, 5.74) is 2.04. The van der Waals surface area contributed by atoms with E-state index in [0.717, 1.165) is 9.26 Å². The summed E-state index contributed by atoms with van der Waals surface area (Å²) in [6.07, 6.45) is 1.45. The highest BCUT2D eigenvalue weighted by atomic mass is 127. The number of carbonyl (C=O) groups is 1. The van der Waals surface area contributed by atoms with Gasteiger partial charge in [0, 0.05) is 3.57 Å². The molecule has 0 aliphatic heterocycles. The Bertz CT molecular complexity index is 876. The van der Waals surface area contributed by atoms with E-state index in [0.29, 0.717) is 16.9 Å². The molecule has 0 saturated heterocycles. The van der Waals surface area contributed by atoms with Crippen LogP contribution in [0.25, 0.3) is 5.69 Å². The van der Waals surface area contributed by atoms with E-state index in [1.54, 1.807) is 25.1 Å². The number of benzene rings is 2. The molecule has 4 nitrogen and oxygen atoms in total. The molecule has 1 heterocycles. The van der Waals surface area contributed by atoms with Gasteiger partial charge >= 0.3 is 0 Å². The molecule has 6 heteroatoms. The predicted octanol–water partition coefficient (Wildman–Crippen LogP) is 4.18. The smallest absolute Gasteiger partial charge is 0.259 e. The van der Waals surface area contributed by atoms with Crippen molar-refractivity contribution in [1.82, 2.24) is 9.78 Å². The normalized spacial score (nSPS) is 10.6. The fourth-order valence-corrected chi connectivity index (χ4v) is 2.77. The summed E-state index contributed by atoms with van der Waals surface area (Å²) in [7, 11) is 0. The van der Waals surface area contributed by atoms with Crippen molar-refractivity contribution in [3.63, 3.8) is 0 Å². The van der Waals surface area contributed by atoms with Crippen molar-refractivity contribution in [1.29, 1.82) is 0 Å². The lowest BCUT2D eigenvalue weighted by atomic mass is 10.2. The van der Waals surface area contributed by atoms with Crippen molar-refractivity contribution in [2.24, 2.45) is 0 Å². The molecule has 0 spiro atoms. The first-order valence-corrected chi connectivity index (χ1v) is 8.01. The number of aromatic nitrogens is 2. The molecule has 23 heavy (non-hydrogen) atoms. The maximum atomic E-state index is 13.9. The van der Waals surface area contributed by atoms with E-state index in [1.807, 2.05) is 24.3 Å². The van der Waals surface area contributed by atoms with Crippen LogP contribution < -0.4 is 5.32 Å². The summed E-state index contributed by atoms with van der Waals surface area (Å²) < 4.78 is 16.3. The Labute approximate surface area is 146 Å². The number of carbonyl (C=O) groups excluding carboxylic acids is 1. The van der Waals surface area contributed by atoms with Gasteiger partial charge in [-0.3, -0.25) is 4.79 Å². The zero-order valence-electron chi connectivity index (χ0n) is 12.3. The average Bonchev–Trinajstić information content (AvgIpc) is 2.92. The van der Waals surface area contributed by atoms with Gasteiger partial charge in [0.05, 0.1) is 23.1 Å². The molecule has 0 bridgehead atoms. The van der Waals surface area contributed by atoms with Gasteiger partial charge in [-0.15, -0.1) is 0 Å². The van der Waals surface area contributed by atoms with E-state index in [2.05, 4.69) is 33.0 Å². The Balaban J connectivity index is 1.92. The van der Waals surface area contributed by atoms with Crippen molar-refractivity contribution >= 4 is 34.2 Å². The first kappa shape index (κ1) is 15.7. The fraction of sp³-hybridized carbons (Fsp3) is 0.0588. The van der Waals surface area contributed by atoms with Gasteiger partial charge in [-0.05, 0) is 53.8 Å². The standard InChI is InChI=1S/C17H13FIN3O/c1-11-12(17(23)21-15-8-4-3-7-14(15)19)10-20-22(11)16-9-5-2-6-13(16)18/h2-10H,1H3,(H,21,23). The number of hydrogen-bond donors (Lipinski definition) is 1. The second-order valence-electron chi connectivity index (χ2n) is 4.94. The molecule has 0 unspecified atom stereocenters. The number of rotatable bonds is 3. The molecule has 0 aliphatic carbocycles. The third-order valence-corrected chi connectivity index (χ3v) is 4.40. The highest BCUT2D eigenvalue weighted by Crippen LogP contribution is 2.20. The molecule has 1 N–H and O–H groups in total. The Morgan fingerprint density at radius 2 is 1.87 bits per heavy atom. The topological polar surface area (TPSA) is 46.9 Å². The minimum absolute atomic E-state index is 0.269. The zero-order valence-corrected chi connectivity index (χ0v) is 14.4. The summed E-state index contributed by atoms with van der Waals surface area (Å²) in [5, 5.41) is 7.00. The first-order valence-electron chi connectivity index (χ1n) is 6.93. The third-order valence-electron chi connectivity index (χ3n) is 3.46. The van der Waals surface area contributed by atoms with Gasteiger partial charge < -0.3 is 5.32 Å². The Morgan fingerprint density at radius 1 is 1.17 bits per heavy atom. The number of anilines is 1. The van der Waals surface area contributed by atoms with Gasteiger partial charge in [-0.1, -0.05) is 24.3 Å². The molecule has 3 aromatic rings. The Hall–Kier alpha value is -2.22. The maximum Gasteiger partial charge on any atom is 0.259 e. The van der Waals surface area contributed by atoms with E-state index in [4.69, 9.17) is 0 Å². The average molecular weight is 421 g/mol. The van der Waals surface area contributed by atoms with Gasteiger partial charge in [0.15, 0.2) is 0 Å². The zero-order chi connectivity index (χ0) is 16.4. The molecule has 0 aliphatic rings. The maximum absolute atomic E-state index is 13.9. The van der Waals surface area contributed by atoms with E-state index in [9.17, 15) is 9.18 Å². The van der Waals surface area contributed by atoms with Crippen LogP contribution in [-0.2, 0) is 0 Å². The lowest BCUT2D eigenvalue weighted by Gasteiger charge is -2.08. The number of nitrogens with one attached hydrogen (secondary N) is 1. The SMILES string of the molecule is Cc1c(C(=O)Nc2ccccc2I)cnn1-c1ccccc1F. The number of para-hydroxylation sites is 2. The third kappa shape index (κ3) is 3.12. The van der Waals surface area contributed by atoms with Crippen LogP contribution in [0.2, 0.25) is 0 Å². The molecule has 116 valence electrons. The van der Waals surface area contributed by atoms with Crippen molar-refractivity contribution in [3.05, 3.63) is 75.4 Å². The van der Waals surface area contributed by atoms with Gasteiger partial charge in [-0.2, -0.15) is 5.10 Å². The summed E-state index contributed by atoms with van der Waals surface area (Å²) in [6.45, 7) is 1.74. The van der Waals surface area contributed by atoms with E-state index in [-0.39, 0.29) is 11.7 Å². The van der Waals surface area contributed by atoms with Gasteiger partial charge in [0.25, 0.3) is 5.91 Å². The predicted molar refractivity (Wildman–Crippen MR) is 95.4 cm³/mol. The molecule has 0 saturated carbocycles. The summed E-state index contributed by atoms with van der Waals surface area (Å²) in [6, 6.07) is 13.8. The minimum Gasteiger partial charge on any atom is -0.321 e. The van der Waals surface area contributed by atoms with Crippen LogP contribution in [0.1, 0.15) is 16.1 Å². The van der Waals surface area contributed by atoms with Crippen LogP contribution in [0, 0.1) is 16.3 Å². The van der Waals surface area contributed by atoms with Crippen molar-refractivity contribution in [2.75, 3.05) is 5.32 Å². The number of hydrogen-bond acceptors (Lipinski definition) is 2. The van der Waals surface area contributed by atoms with Crippen molar-refractivity contribution < 1.29 is 9.18 Å². The number of nitrogens with zero attached hydrogens (tertiary/aromatic N) is 2.